The summed E-state index contributed by atoms with van der Waals surface area (Å²) in [6.45, 7) is 5.72. The zero-order chi connectivity index (χ0) is 9.14. The SMILES string of the molecule is C=C(C)C1CC=CCC1C(=O)O. The van der Waals surface area contributed by atoms with Crippen molar-refractivity contribution >= 4 is 5.97 Å². The molecule has 12 heavy (non-hydrogen) atoms. The Morgan fingerprint density at radius 2 is 1.92 bits per heavy atom. The average molecular weight is 166 g/mol. The van der Waals surface area contributed by atoms with Gasteiger partial charge >= 0.3 is 5.97 Å². The second-order valence-corrected chi connectivity index (χ2v) is 3.34. The van der Waals surface area contributed by atoms with Crippen molar-refractivity contribution in [3.05, 3.63) is 24.3 Å². The third-order valence-corrected chi connectivity index (χ3v) is 2.38. The molecule has 0 amide bonds. The van der Waals surface area contributed by atoms with Crippen LogP contribution in [0.2, 0.25) is 0 Å². The summed E-state index contributed by atoms with van der Waals surface area (Å²) in [6.07, 6.45) is 5.45. The Morgan fingerprint density at radius 1 is 1.42 bits per heavy atom. The summed E-state index contributed by atoms with van der Waals surface area (Å²) >= 11 is 0. The van der Waals surface area contributed by atoms with E-state index in [0.717, 1.165) is 12.0 Å². The second-order valence-electron chi connectivity index (χ2n) is 3.34. The van der Waals surface area contributed by atoms with Crippen molar-refractivity contribution in [2.75, 3.05) is 0 Å². The van der Waals surface area contributed by atoms with Gasteiger partial charge in [-0.1, -0.05) is 24.3 Å². The summed E-state index contributed by atoms with van der Waals surface area (Å²) < 4.78 is 0. The van der Waals surface area contributed by atoms with Crippen molar-refractivity contribution in [2.24, 2.45) is 11.8 Å². The molecule has 0 fully saturated rings. The average Bonchev–Trinajstić information content (AvgIpc) is 2.04. The van der Waals surface area contributed by atoms with E-state index in [-0.39, 0.29) is 11.8 Å². The van der Waals surface area contributed by atoms with Gasteiger partial charge in [0.1, 0.15) is 0 Å². The first-order valence-corrected chi connectivity index (χ1v) is 4.16. The molecule has 0 radical (unpaired) electrons. The first-order valence-electron chi connectivity index (χ1n) is 4.16. The van der Waals surface area contributed by atoms with E-state index in [0.29, 0.717) is 6.42 Å². The number of carbonyl (C=O) groups is 1. The number of carboxylic acid groups (broad SMARTS) is 1. The predicted molar refractivity (Wildman–Crippen MR) is 47.8 cm³/mol. The number of hydrogen-bond acceptors (Lipinski definition) is 1. The molecule has 1 N–H and O–H groups in total. The van der Waals surface area contributed by atoms with E-state index in [1.165, 1.54) is 0 Å². The lowest BCUT2D eigenvalue weighted by molar-refractivity contribution is -0.143. The second kappa shape index (κ2) is 3.57. The number of hydrogen-bond donors (Lipinski definition) is 1. The van der Waals surface area contributed by atoms with E-state index in [1.54, 1.807) is 0 Å². The highest BCUT2D eigenvalue weighted by molar-refractivity contribution is 5.71. The van der Waals surface area contributed by atoms with Gasteiger partial charge in [0.05, 0.1) is 5.92 Å². The summed E-state index contributed by atoms with van der Waals surface area (Å²) in [5, 5.41) is 8.88. The molecule has 0 aromatic heterocycles. The molecule has 0 aliphatic heterocycles. The maximum Gasteiger partial charge on any atom is 0.307 e. The van der Waals surface area contributed by atoms with E-state index >= 15 is 0 Å². The number of carboxylic acids is 1. The summed E-state index contributed by atoms with van der Waals surface area (Å²) in [7, 11) is 0. The molecule has 2 atom stereocenters. The van der Waals surface area contributed by atoms with Crippen LogP contribution in [0.3, 0.4) is 0 Å². The fourth-order valence-electron chi connectivity index (χ4n) is 1.63. The van der Waals surface area contributed by atoms with Gasteiger partial charge in [-0.2, -0.15) is 0 Å². The van der Waals surface area contributed by atoms with Crippen molar-refractivity contribution in [2.45, 2.75) is 19.8 Å². The molecule has 2 nitrogen and oxygen atoms in total. The Bertz CT molecular complexity index is 204. The monoisotopic (exact) mass is 166 g/mol. The Hall–Kier alpha value is -1.05. The summed E-state index contributed by atoms with van der Waals surface area (Å²) in [4.78, 5) is 10.8. The van der Waals surface area contributed by atoms with Gasteiger partial charge in [-0.3, -0.25) is 4.79 Å². The van der Waals surface area contributed by atoms with Gasteiger partial charge in [0, 0.05) is 0 Å². The smallest absolute Gasteiger partial charge is 0.307 e. The van der Waals surface area contributed by atoms with Gasteiger partial charge in [0.25, 0.3) is 0 Å². The van der Waals surface area contributed by atoms with Crippen LogP contribution in [-0.2, 0) is 4.79 Å². The van der Waals surface area contributed by atoms with Crippen LogP contribution in [-0.4, -0.2) is 11.1 Å². The highest BCUT2D eigenvalue weighted by atomic mass is 16.4. The van der Waals surface area contributed by atoms with Gasteiger partial charge in [-0.05, 0) is 25.7 Å². The fourth-order valence-corrected chi connectivity index (χ4v) is 1.63. The Labute approximate surface area is 72.6 Å². The Kier molecular flexibility index (Phi) is 2.69. The zero-order valence-corrected chi connectivity index (χ0v) is 7.29. The topological polar surface area (TPSA) is 37.3 Å². The van der Waals surface area contributed by atoms with Gasteiger partial charge in [-0.15, -0.1) is 0 Å². The van der Waals surface area contributed by atoms with Crippen LogP contribution in [0, 0.1) is 11.8 Å². The van der Waals surface area contributed by atoms with Gasteiger partial charge < -0.3 is 5.11 Å². The van der Waals surface area contributed by atoms with Crippen molar-refractivity contribution in [3.63, 3.8) is 0 Å². The van der Waals surface area contributed by atoms with E-state index < -0.39 is 5.97 Å². The fraction of sp³-hybridized carbons (Fsp3) is 0.500. The maximum absolute atomic E-state index is 10.8. The van der Waals surface area contributed by atoms with Crippen LogP contribution in [0.1, 0.15) is 19.8 Å². The Balaban J connectivity index is 2.76. The van der Waals surface area contributed by atoms with Crippen molar-refractivity contribution in [3.8, 4) is 0 Å². The number of rotatable bonds is 2. The zero-order valence-electron chi connectivity index (χ0n) is 7.29. The van der Waals surface area contributed by atoms with Crippen LogP contribution < -0.4 is 0 Å². The van der Waals surface area contributed by atoms with Gasteiger partial charge in [0.2, 0.25) is 0 Å². The minimum atomic E-state index is -0.702. The first kappa shape index (κ1) is 9.04. The van der Waals surface area contributed by atoms with Crippen LogP contribution in [0.25, 0.3) is 0 Å². The van der Waals surface area contributed by atoms with Crippen LogP contribution >= 0.6 is 0 Å². The maximum atomic E-state index is 10.8. The molecule has 0 heterocycles. The van der Waals surface area contributed by atoms with Crippen LogP contribution in [0.4, 0.5) is 0 Å². The molecule has 0 saturated carbocycles. The normalized spacial score (nSPS) is 28.4. The number of allylic oxidation sites excluding steroid dienone is 3. The lowest BCUT2D eigenvalue weighted by Gasteiger charge is -2.25. The van der Waals surface area contributed by atoms with Crippen LogP contribution in [0.5, 0.6) is 0 Å². The third kappa shape index (κ3) is 1.76. The molecule has 0 aromatic rings. The van der Waals surface area contributed by atoms with Gasteiger partial charge in [0.15, 0.2) is 0 Å². The molecule has 0 spiro atoms. The molecule has 2 heteroatoms. The highest BCUT2D eigenvalue weighted by Crippen LogP contribution is 2.30. The van der Waals surface area contributed by atoms with Crippen LogP contribution in [0.15, 0.2) is 24.3 Å². The molecule has 1 aliphatic carbocycles. The van der Waals surface area contributed by atoms with Crippen molar-refractivity contribution < 1.29 is 9.90 Å². The molecule has 0 saturated heterocycles. The largest absolute Gasteiger partial charge is 0.481 e. The van der Waals surface area contributed by atoms with E-state index in [4.69, 9.17) is 5.11 Å². The molecule has 66 valence electrons. The molecule has 1 aliphatic rings. The van der Waals surface area contributed by atoms with E-state index in [9.17, 15) is 4.79 Å². The number of aliphatic carboxylic acids is 1. The van der Waals surface area contributed by atoms with Crippen molar-refractivity contribution in [1.82, 2.24) is 0 Å². The molecular weight excluding hydrogens is 152 g/mol. The lowest BCUT2D eigenvalue weighted by atomic mass is 9.79. The molecular formula is C10H14O2. The molecule has 0 aromatic carbocycles. The standard InChI is InChI=1S/C10H14O2/c1-7(2)8-5-3-4-6-9(8)10(11)12/h3-4,8-9H,1,5-6H2,2H3,(H,11,12). The molecule has 1 rings (SSSR count). The van der Waals surface area contributed by atoms with E-state index in [2.05, 4.69) is 6.58 Å². The summed E-state index contributed by atoms with van der Waals surface area (Å²) in [5.41, 5.74) is 0.978. The minimum Gasteiger partial charge on any atom is -0.481 e. The Morgan fingerprint density at radius 3 is 2.25 bits per heavy atom. The lowest BCUT2D eigenvalue weighted by Crippen LogP contribution is -2.25. The summed E-state index contributed by atoms with van der Waals surface area (Å²) in [5.74, 6) is -0.827. The van der Waals surface area contributed by atoms with Crippen molar-refractivity contribution in [1.29, 1.82) is 0 Å². The molecule has 0 bridgehead atoms. The minimum absolute atomic E-state index is 0.132. The summed E-state index contributed by atoms with van der Waals surface area (Å²) in [6, 6.07) is 0. The first-order chi connectivity index (χ1) is 5.63. The highest BCUT2D eigenvalue weighted by Gasteiger charge is 2.28. The van der Waals surface area contributed by atoms with E-state index in [1.807, 2.05) is 19.1 Å². The molecule has 2 unspecified atom stereocenters. The van der Waals surface area contributed by atoms with Gasteiger partial charge in [-0.25, -0.2) is 0 Å². The quantitative estimate of drug-likeness (QED) is 0.639. The predicted octanol–water partition coefficient (Wildman–Crippen LogP) is 2.23. The third-order valence-electron chi connectivity index (χ3n) is 2.38.